The van der Waals surface area contributed by atoms with Crippen LogP contribution in [0.5, 0.6) is 0 Å². The third-order valence-corrected chi connectivity index (χ3v) is 4.83. The van der Waals surface area contributed by atoms with E-state index in [9.17, 15) is 4.79 Å². The van der Waals surface area contributed by atoms with Crippen LogP contribution < -0.4 is 5.69 Å². The summed E-state index contributed by atoms with van der Waals surface area (Å²) >= 11 is 0. The van der Waals surface area contributed by atoms with Gasteiger partial charge in [0.15, 0.2) is 0 Å². The number of benzene rings is 2. The van der Waals surface area contributed by atoms with Crippen molar-refractivity contribution in [2.45, 2.75) is 6.54 Å². The van der Waals surface area contributed by atoms with Crippen molar-refractivity contribution in [1.82, 2.24) is 19.1 Å². The Bertz CT molecular complexity index is 1300. The highest BCUT2D eigenvalue weighted by Crippen LogP contribution is 2.24. The van der Waals surface area contributed by atoms with Crippen molar-refractivity contribution < 1.29 is 0 Å². The van der Waals surface area contributed by atoms with Gasteiger partial charge in [-0.15, -0.1) is 0 Å². The van der Waals surface area contributed by atoms with Gasteiger partial charge in [-0.3, -0.25) is 4.57 Å². The minimum Gasteiger partial charge on any atom is -0.336 e. The molecule has 0 atom stereocenters. The average Bonchev–Trinajstić information content (AvgIpc) is 3.15. The van der Waals surface area contributed by atoms with Crippen LogP contribution in [0, 0.1) is 0 Å². The van der Waals surface area contributed by atoms with E-state index < -0.39 is 0 Å². The van der Waals surface area contributed by atoms with Crippen molar-refractivity contribution in [3.63, 3.8) is 0 Å². The SMILES string of the molecule is Cn1ccc2c1ncc1[nH]c(=O)n(Cc3cccc4ccccc34)c12. The summed E-state index contributed by atoms with van der Waals surface area (Å²) in [6, 6.07) is 16.5. The van der Waals surface area contributed by atoms with E-state index >= 15 is 0 Å². The lowest BCUT2D eigenvalue weighted by Gasteiger charge is -2.08. The second-order valence-electron chi connectivity index (χ2n) is 6.34. The zero-order valence-corrected chi connectivity index (χ0v) is 13.7. The number of aryl methyl sites for hydroxylation is 1. The number of pyridine rings is 1. The molecule has 0 spiro atoms. The molecule has 0 aliphatic heterocycles. The molecular weight excluding hydrogens is 312 g/mol. The first-order chi connectivity index (χ1) is 12.2. The number of imidazole rings is 1. The lowest BCUT2D eigenvalue weighted by atomic mass is 10.0. The van der Waals surface area contributed by atoms with Gasteiger partial charge < -0.3 is 9.55 Å². The standard InChI is InChI=1S/C20H16N4O/c1-23-10-9-16-18-17(11-21-19(16)23)22-20(25)24(18)12-14-7-4-6-13-5-2-3-8-15(13)14/h2-11H,12H2,1H3,(H,22,25). The highest BCUT2D eigenvalue weighted by Gasteiger charge is 2.14. The fraction of sp³-hybridized carbons (Fsp3) is 0.100. The summed E-state index contributed by atoms with van der Waals surface area (Å²) in [4.78, 5) is 20.0. The quantitative estimate of drug-likeness (QED) is 0.540. The molecule has 0 amide bonds. The van der Waals surface area contributed by atoms with Crippen LogP contribution in [0.15, 0.2) is 65.7 Å². The predicted molar refractivity (Wildman–Crippen MR) is 99.9 cm³/mol. The molecule has 0 aliphatic rings. The first kappa shape index (κ1) is 14.0. The number of hydrogen-bond donors (Lipinski definition) is 1. The van der Waals surface area contributed by atoms with Gasteiger partial charge in [-0.25, -0.2) is 9.78 Å². The molecule has 2 aromatic carbocycles. The fourth-order valence-electron chi connectivity index (χ4n) is 3.62. The molecule has 0 fully saturated rings. The third-order valence-electron chi connectivity index (χ3n) is 4.83. The molecule has 5 heteroatoms. The van der Waals surface area contributed by atoms with Gasteiger partial charge in [0.2, 0.25) is 0 Å². The van der Waals surface area contributed by atoms with Gasteiger partial charge in [-0.05, 0) is 22.4 Å². The Morgan fingerprint density at radius 1 is 1.04 bits per heavy atom. The fourth-order valence-corrected chi connectivity index (χ4v) is 3.62. The van der Waals surface area contributed by atoms with E-state index in [1.54, 1.807) is 10.8 Å². The summed E-state index contributed by atoms with van der Waals surface area (Å²) in [6.45, 7) is 0.522. The molecule has 3 heterocycles. The summed E-state index contributed by atoms with van der Waals surface area (Å²) in [5.41, 5.74) is 3.56. The second kappa shape index (κ2) is 5.08. The summed E-state index contributed by atoms with van der Waals surface area (Å²) in [7, 11) is 1.96. The van der Waals surface area contributed by atoms with Crippen molar-refractivity contribution in [3.05, 3.63) is 77.0 Å². The Morgan fingerprint density at radius 2 is 1.88 bits per heavy atom. The highest BCUT2D eigenvalue weighted by molar-refractivity contribution is 6.01. The Morgan fingerprint density at radius 3 is 2.80 bits per heavy atom. The van der Waals surface area contributed by atoms with Crippen molar-refractivity contribution >= 4 is 32.8 Å². The Kier molecular flexibility index (Phi) is 2.85. The van der Waals surface area contributed by atoms with Crippen molar-refractivity contribution in [2.75, 3.05) is 0 Å². The van der Waals surface area contributed by atoms with E-state index in [1.165, 1.54) is 10.8 Å². The summed E-state index contributed by atoms with van der Waals surface area (Å²) in [5.74, 6) is 0. The molecule has 5 rings (SSSR count). The number of hydrogen-bond acceptors (Lipinski definition) is 2. The number of aromatic nitrogens is 4. The van der Waals surface area contributed by atoms with Gasteiger partial charge in [0.25, 0.3) is 0 Å². The Balaban J connectivity index is 1.79. The van der Waals surface area contributed by atoms with E-state index in [2.05, 4.69) is 34.2 Å². The third kappa shape index (κ3) is 2.02. The summed E-state index contributed by atoms with van der Waals surface area (Å²) < 4.78 is 3.77. The number of fused-ring (bicyclic) bond motifs is 4. The van der Waals surface area contributed by atoms with Gasteiger partial charge in [-0.1, -0.05) is 42.5 Å². The minimum atomic E-state index is -0.110. The van der Waals surface area contributed by atoms with Gasteiger partial charge >= 0.3 is 5.69 Å². The normalized spacial score (nSPS) is 11.7. The van der Waals surface area contributed by atoms with Gasteiger partial charge in [0, 0.05) is 18.6 Å². The maximum absolute atomic E-state index is 12.6. The molecule has 122 valence electrons. The number of aromatic amines is 1. The topological polar surface area (TPSA) is 55.6 Å². The molecule has 0 bridgehead atoms. The molecule has 0 unspecified atom stereocenters. The minimum absolute atomic E-state index is 0.110. The van der Waals surface area contributed by atoms with E-state index in [-0.39, 0.29) is 5.69 Å². The van der Waals surface area contributed by atoms with E-state index in [0.29, 0.717) is 6.54 Å². The van der Waals surface area contributed by atoms with Crippen LogP contribution in [0.4, 0.5) is 0 Å². The molecule has 0 radical (unpaired) electrons. The lowest BCUT2D eigenvalue weighted by Crippen LogP contribution is -2.17. The van der Waals surface area contributed by atoms with Crippen LogP contribution in [0.3, 0.4) is 0 Å². The predicted octanol–water partition coefficient (Wildman–Crippen LogP) is 3.42. The monoisotopic (exact) mass is 328 g/mol. The van der Waals surface area contributed by atoms with Gasteiger partial charge in [-0.2, -0.15) is 0 Å². The molecule has 0 saturated carbocycles. The zero-order chi connectivity index (χ0) is 17.0. The molecule has 0 saturated heterocycles. The van der Waals surface area contributed by atoms with Crippen LogP contribution >= 0.6 is 0 Å². The maximum Gasteiger partial charge on any atom is 0.326 e. The van der Waals surface area contributed by atoms with Crippen LogP contribution in [0.2, 0.25) is 0 Å². The Hall–Kier alpha value is -3.34. The largest absolute Gasteiger partial charge is 0.336 e. The van der Waals surface area contributed by atoms with Crippen LogP contribution in [-0.2, 0) is 13.6 Å². The number of nitrogens with one attached hydrogen (secondary N) is 1. The van der Waals surface area contributed by atoms with E-state index in [1.807, 2.05) is 42.1 Å². The lowest BCUT2D eigenvalue weighted by molar-refractivity contribution is 0.794. The van der Waals surface area contributed by atoms with Crippen molar-refractivity contribution in [1.29, 1.82) is 0 Å². The van der Waals surface area contributed by atoms with E-state index in [4.69, 9.17) is 0 Å². The van der Waals surface area contributed by atoms with E-state index in [0.717, 1.165) is 27.6 Å². The van der Waals surface area contributed by atoms with Crippen molar-refractivity contribution in [2.24, 2.45) is 7.05 Å². The number of rotatable bonds is 2. The van der Waals surface area contributed by atoms with Crippen LogP contribution in [0.1, 0.15) is 5.56 Å². The smallest absolute Gasteiger partial charge is 0.326 e. The molecule has 1 N–H and O–H groups in total. The molecule has 3 aromatic heterocycles. The zero-order valence-electron chi connectivity index (χ0n) is 13.7. The molecular formula is C20H16N4O. The number of nitrogens with zero attached hydrogens (tertiary/aromatic N) is 3. The first-order valence-electron chi connectivity index (χ1n) is 8.21. The average molecular weight is 328 g/mol. The molecule has 0 aliphatic carbocycles. The summed E-state index contributed by atoms with van der Waals surface area (Å²) in [6.07, 6.45) is 3.70. The number of H-pyrrole nitrogens is 1. The van der Waals surface area contributed by atoms with Gasteiger partial charge in [0.05, 0.1) is 23.8 Å². The van der Waals surface area contributed by atoms with Crippen LogP contribution in [-0.4, -0.2) is 19.1 Å². The first-order valence-corrected chi connectivity index (χ1v) is 8.21. The molecule has 25 heavy (non-hydrogen) atoms. The maximum atomic E-state index is 12.6. The van der Waals surface area contributed by atoms with Gasteiger partial charge in [0.1, 0.15) is 5.65 Å². The molecule has 5 aromatic rings. The summed E-state index contributed by atoms with van der Waals surface area (Å²) in [5, 5.41) is 3.34. The van der Waals surface area contributed by atoms with Crippen molar-refractivity contribution in [3.8, 4) is 0 Å². The van der Waals surface area contributed by atoms with Crippen LogP contribution in [0.25, 0.3) is 32.8 Å². The highest BCUT2D eigenvalue weighted by atomic mass is 16.1. The second-order valence-corrected chi connectivity index (χ2v) is 6.34. The Labute approximate surface area is 143 Å². The molecule has 5 nitrogen and oxygen atoms in total.